The highest BCUT2D eigenvalue weighted by Gasteiger charge is 2.53. The highest BCUT2D eigenvalue weighted by molar-refractivity contribution is 7.92. The van der Waals surface area contributed by atoms with Crippen LogP contribution in [-0.4, -0.2) is 152 Å². The van der Waals surface area contributed by atoms with E-state index in [0.717, 1.165) is 39.9 Å². The van der Waals surface area contributed by atoms with E-state index in [0.29, 0.717) is 160 Å². The van der Waals surface area contributed by atoms with Crippen molar-refractivity contribution in [2.24, 2.45) is 0 Å². The van der Waals surface area contributed by atoms with Crippen molar-refractivity contribution in [1.29, 1.82) is 0 Å². The van der Waals surface area contributed by atoms with Gasteiger partial charge in [0.1, 0.15) is 62.0 Å². The quantitative estimate of drug-likeness (QED) is 0.101. The van der Waals surface area contributed by atoms with E-state index in [1.165, 1.54) is 23.5 Å². The third kappa shape index (κ3) is 11.3. The van der Waals surface area contributed by atoms with Crippen LogP contribution in [0.2, 0.25) is 5.15 Å². The maximum Gasteiger partial charge on any atom is 0.497 e. The standard InChI is InChI=1S/C30H28FN5O4.C22H32BN3O7S.C14H8ClFN2O/c1-32-29(37)27-19-13-18(23(34(2)3)15-26(19)40-30(27)35-9-11-38-12-10-35)21-7-8-25-28(33-21)24-14-17-20(31)5-4-6-22(17)36(24)16-39-25;1-21(2)22(3,4)33-23(32-21)15-12-14-17(13-16(15)25(6)34(7,28)29)31-20(18(14)19(27)24-5)26-8-10-30-11-9-26;15-13-5-4-12-14(17-13)11-6-8-9(16)2-1-3-10(8)18(11)7-19-12/h4-8,13-15H,9-12,16H2,1-3H3,(H,32,37);12-13H,8-11H2,1-7H3,(H,24,27);1-6H,7H2. The van der Waals surface area contributed by atoms with Crippen molar-refractivity contribution >= 4 is 113 Å². The van der Waals surface area contributed by atoms with Crippen LogP contribution in [0.15, 0.2) is 106 Å². The first-order valence-electron chi connectivity index (χ1n) is 30.2. The summed E-state index contributed by atoms with van der Waals surface area (Å²) in [4.78, 5) is 41.4. The summed E-state index contributed by atoms with van der Waals surface area (Å²) in [7, 11) is 4.12. The maximum atomic E-state index is 14.6. The summed E-state index contributed by atoms with van der Waals surface area (Å²) >= 11 is 5.92. The molecule has 5 aliphatic heterocycles. The van der Waals surface area contributed by atoms with E-state index < -0.39 is 28.3 Å². The number of aromatic nitrogens is 4. The molecule has 6 aromatic heterocycles. The minimum absolute atomic E-state index is 0.220. The van der Waals surface area contributed by atoms with Gasteiger partial charge in [0.25, 0.3) is 11.8 Å². The fourth-order valence-electron chi connectivity index (χ4n) is 12.2. The molecule has 0 radical (unpaired) electrons. The van der Waals surface area contributed by atoms with E-state index in [2.05, 4.69) is 20.5 Å². The summed E-state index contributed by atoms with van der Waals surface area (Å²) in [6, 6.07) is 28.2. The molecule has 0 atom stereocenters. The highest BCUT2D eigenvalue weighted by Crippen LogP contribution is 2.45. The number of halogens is 3. The van der Waals surface area contributed by atoms with E-state index >= 15 is 0 Å². The molecule has 0 unspecified atom stereocenters. The molecule has 11 heterocycles. The average molecular weight is 1310 g/mol. The maximum absolute atomic E-state index is 14.6. The zero-order valence-corrected chi connectivity index (χ0v) is 54.5. The van der Waals surface area contributed by atoms with Crippen LogP contribution >= 0.6 is 11.6 Å². The van der Waals surface area contributed by atoms with Gasteiger partial charge < -0.3 is 71.6 Å². The zero-order chi connectivity index (χ0) is 65.6. The Labute approximate surface area is 539 Å². The van der Waals surface area contributed by atoms with Crippen LogP contribution < -0.4 is 44.6 Å². The van der Waals surface area contributed by atoms with Gasteiger partial charge in [0, 0.05) is 112 Å². The minimum Gasteiger partial charge on any atom is -0.470 e. The topological polar surface area (TPSA) is 223 Å². The minimum atomic E-state index is -3.60. The third-order valence-electron chi connectivity index (χ3n) is 17.9. The summed E-state index contributed by atoms with van der Waals surface area (Å²) in [6.45, 7) is 12.9. The molecule has 0 bridgehead atoms. The second-order valence-electron chi connectivity index (χ2n) is 24.2. The first kappa shape index (κ1) is 62.9. The van der Waals surface area contributed by atoms with Gasteiger partial charge in [-0.1, -0.05) is 23.7 Å². The van der Waals surface area contributed by atoms with Crippen molar-refractivity contribution in [2.75, 3.05) is 113 Å². The number of hydrogen-bond acceptors (Lipinski definition) is 17. The lowest BCUT2D eigenvalue weighted by Crippen LogP contribution is -2.41. The molecule has 15 rings (SSSR count). The molecule has 2 N–H and O–H groups in total. The molecule has 10 aromatic rings. The molecular formula is C66H68BClF2N10O12S. The SMILES string of the molecule is CNC(=O)c1c(N2CCOCC2)oc2cc(N(C)C)c(-c3ccc4c(n3)-c3cc5c(F)cccc5n3CO4)cc12.CNC(=O)c1c(N2CCOCC2)oc2cc(N(C)S(C)(=O)=O)c(B3OC(C)(C)C(C)(C)O3)cc12.Fc1cccc2c1cc1n2COc2ccc(Cl)nc2-1. The molecule has 4 aromatic carbocycles. The predicted molar refractivity (Wildman–Crippen MR) is 354 cm³/mol. The van der Waals surface area contributed by atoms with Crippen molar-refractivity contribution in [3.05, 3.63) is 125 Å². The Kier molecular flexibility index (Phi) is 16.4. The number of fused-ring (bicyclic) bond motifs is 12. The van der Waals surface area contributed by atoms with Gasteiger partial charge in [0.2, 0.25) is 21.8 Å². The van der Waals surface area contributed by atoms with E-state index in [9.17, 15) is 26.8 Å². The normalized spacial score (nSPS) is 16.3. The molecule has 0 aliphatic carbocycles. The van der Waals surface area contributed by atoms with Crippen LogP contribution in [0, 0.1) is 11.6 Å². The molecule has 3 saturated heterocycles. The monoisotopic (exact) mass is 1310 g/mol. The number of benzene rings is 4. The third-order valence-corrected chi connectivity index (χ3v) is 19.3. The van der Waals surface area contributed by atoms with Crippen molar-refractivity contribution < 1.29 is 63.9 Å². The van der Waals surface area contributed by atoms with E-state index in [4.69, 9.17) is 53.7 Å². The van der Waals surface area contributed by atoms with E-state index in [1.54, 1.807) is 56.6 Å². The number of furan rings is 2. The molecule has 0 spiro atoms. The largest absolute Gasteiger partial charge is 0.497 e. The van der Waals surface area contributed by atoms with Gasteiger partial charge in [-0.15, -0.1) is 0 Å². The Hall–Kier alpha value is -8.92. The highest BCUT2D eigenvalue weighted by atomic mass is 35.5. The van der Waals surface area contributed by atoms with Crippen LogP contribution in [-0.2, 0) is 42.3 Å². The second-order valence-corrected chi connectivity index (χ2v) is 26.6. The van der Waals surface area contributed by atoms with Crippen molar-refractivity contribution in [1.82, 2.24) is 29.7 Å². The molecule has 3 fully saturated rings. The number of anilines is 4. The fourth-order valence-corrected chi connectivity index (χ4v) is 12.8. The lowest BCUT2D eigenvalue weighted by atomic mass is 9.77. The number of pyridine rings is 2. The molecule has 22 nitrogen and oxygen atoms in total. The number of hydrogen-bond donors (Lipinski definition) is 2. The van der Waals surface area contributed by atoms with Crippen LogP contribution in [0.25, 0.3) is 77.8 Å². The lowest BCUT2D eigenvalue weighted by molar-refractivity contribution is 0.00578. The predicted octanol–water partition coefficient (Wildman–Crippen LogP) is 10.0. The summed E-state index contributed by atoms with van der Waals surface area (Å²) in [5.74, 6) is 1.22. The second kappa shape index (κ2) is 24.2. The number of carbonyl (C=O) groups excluding carboxylic acids is 2. The molecule has 27 heteroatoms. The molecule has 484 valence electrons. The van der Waals surface area contributed by atoms with Gasteiger partial charge >= 0.3 is 7.12 Å². The number of nitrogens with one attached hydrogen (secondary N) is 2. The Balaban J connectivity index is 0.000000134. The molecule has 93 heavy (non-hydrogen) atoms. The van der Waals surface area contributed by atoms with Crippen LogP contribution in [0.4, 0.5) is 31.9 Å². The summed E-state index contributed by atoms with van der Waals surface area (Å²) in [6.07, 6.45) is 1.13. The molecule has 5 aliphatic rings. The molecular weight excluding hydrogens is 1240 g/mol. The van der Waals surface area contributed by atoms with Gasteiger partial charge in [-0.05, 0) is 100 Å². The average Bonchev–Trinajstić information content (AvgIpc) is 1.67. The van der Waals surface area contributed by atoms with Gasteiger partial charge in [0.15, 0.2) is 13.5 Å². The Morgan fingerprint density at radius 3 is 1.58 bits per heavy atom. The lowest BCUT2D eigenvalue weighted by Gasteiger charge is -2.32. The number of carbonyl (C=O) groups is 2. The van der Waals surface area contributed by atoms with Crippen LogP contribution in [0.1, 0.15) is 48.4 Å². The fraction of sp³-hybridized carbons (Fsp3) is 0.333. The summed E-state index contributed by atoms with van der Waals surface area (Å²) < 4.78 is 106. The number of ether oxygens (including phenoxy) is 4. The number of sulfonamides is 1. The zero-order valence-electron chi connectivity index (χ0n) is 52.9. The number of amides is 2. The summed E-state index contributed by atoms with van der Waals surface area (Å²) in [5, 5.41) is 8.20. The van der Waals surface area contributed by atoms with E-state index in [1.807, 2.05) is 103 Å². The van der Waals surface area contributed by atoms with Crippen molar-refractivity contribution in [2.45, 2.75) is 52.4 Å². The van der Waals surface area contributed by atoms with Gasteiger partial charge in [0.05, 0.1) is 77.7 Å². The number of rotatable bonds is 9. The number of nitrogens with zero attached hydrogens (tertiary/aromatic N) is 8. The van der Waals surface area contributed by atoms with Crippen LogP contribution in [0.5, 0.6) is 11.5 Å². The Bertz CT molecular complexity index is 4730. The van der Waals surface area contributed by atoms with Crippen LogP contribution in [0.3, 0.4) is 0 Å². The first-order chi connectivity index (χ1) is 44.4. The Morgan fingerprint density at radius 2 is 1.10 bits per heavy atom. The van der Waals surface area contributed by atoms with Gasteiger partial charge in [-0.2, -0.15) is 0 Å². The Morgan fingerprint density at radius 1 is 0.624 bits per heavy atom. The smallest absolute Gasteiger partial charge is 0.470 e. The van der Waals surface area contributed by atoms with Crippen molar-refractivity contribution in [3.8, 4) is 45.5 Å². The van der Waals surface area contributed by atoms with E-state index in [-0.39, 0.29) is 30.2 Å². The van der Waals surface area contributed by atoms with Gasteiger partial charge in [-0.25, -0.2) is 27.2 Å². The van der Waals surface area contributed by atoms with Gasteiger partial charge in [-0.3, -0.25) is 13.9 Å². The molecule has 0 saturated carbocycles. The van der Waals surface area contributed by atoms with Crippen molar-refractivity contribution in [3.63, 3.8) is 0 Å². The number of morpholine rings is 2. The summed E-state index contributed by atoms with van der Waals surface area (Å²) in [5.41, 5.74) is 8.34. The molecule has 2 amide bonds. The first-order valence-corrected chi connectivity index (χ1v) is 32.4.